The second-order valence-electron chi connectivity index (χ2n) is 8.34. The van der Waals surface area contributed by atoms with Gasteiger partial charge in [0.15, 0.2) is 5.82 Å². The number of piperidine rings is 1. The molecule has 8 nitrogen and oxygen atoms in total. The number of aromatic amines is 1. The highest BCUT2D eigenvalue weighted by atomic mass is 16.2. The van der Waals surface area contributed by atoms with Gasteiger partial charge in [-0.25, -0.2) is 4.98 Å². The zero-order chi connectivity index (χ0) is 20.7. The Labute approximate surface area is 175 Å². The molecule has 3 N–H and O–H groups in total. The van der Waals surface area contributed by atoms with Crippen molar-refractivity contribution >= 4 is 34.3 Å². The van der Waals surface area contributed by atoms with Crippen LogP contribution < -0.4 is 10.6 Å². The molecule has 2 aliphatic heterocycles. The normalized spacial score (nSPS) is 23.0. The lowest BCUT2D eigenvalue weighted by Gasteiger charge is -2.39. The van der Waals surface area contributed by atoms with Gasteiger partial charge in [-0.2, -0.15) is 5.10 Å². The third-order valence-corrected chi connectivity index (χ3v) is 6.23. The summed E-state index contributed by atoms with van der Waals surface area (Å²) in [5.41, 5.74) is 1.87. The number of anilines is 3. The average Bonchev–Trinajstić information content (AvgIpc) is 3.27. The van der Waals surface area contributed by atoms with E-state index in [1.165, 1.54) is 0 Å². The van der Waals surface area contributed by atoms with Crippen molar-refractivity contribution in [3.8, 4) is 0 Å². The van der Waals surface area contributed by atoms with Gasteiger partial charge in [-0.3, -0.25) is 14.9 Å². The average molecular weight is 406 g/mol. The van der Waals surface area contributed by atoms with Crippen LogP contribution in [0.15, 0.2) is 30.5 Å². The van der Waals surface area contributed by atoms with Crippen molar-refractivity contribution < 1.29 is 4.79 Å². The molecule has 5 heterocycles. The summed E-state index contributed by atoms with van der Waals surface area (Å²) in [5, 5.41) is 15.1. The predicted molar refractivity (Wildman–Crippen MR) is 117 cm³/mol. The summed E-state index contributed by atoms with van der Waals surface area (Å²) in [7, 11) is 0. The molecule has 30 heavy (non-hydrogen) atoms. The number of aryl methyl sites for hydroxylation is 1. The van der Waals surface area contributed by atoms with Gasteiger partial charge >= 0.3 is 0 Å². The number of H-pyrrole nitrogens is 1. The molecule has 3 atom stereocenters. The Balaban J connectivity index is 1.41. The predicted octanol–water partition coefficient (Wildman–Crippen LogP) is 3.75. The van der Waals surface area contributed by atoms with Gasteiger partial charge in [-0.15, -0.1) is 0 Å². The Morgan fingerprint density at radius 1 is 1.23 bits per heavy atom. The van der Waals surface area contributed by atoms with E-state index in [4.69, 9.17) is 4.98 Å². The summed E-state index contributed by atoms with van der Waals surface area (Å²) in [6, 6.07) is 8.84. The molecule has 0 aliphatic carbocycles. The highest BCUT2D eigenvalue weighted by Gasteiger charge is 2.42. The number of carbonyl (C=O) groups is 1. The van der Waals surface area contributed by atoms with Gasteiger partial charge < -0.3 is 15.5 Å². The fourth-order valence-electron chi connectivity index (χ4n) is 4.94. The molecule has 5 rings (SSSR count). The molecular weight excluding hydrogens is 378 g/mol. The number of fused-ring (bicyclic) bond motifs is 3. The van der Waals surface area contributed by atoms with Crippen molar-refractivity contribution in [1.29, 1.82) is 0 Å². The molecule has 2 bridgehead atoms. The van der Waals surface area contributed by atoms with Gasteiger partial charge in [-0.05, 0) is 44.7 Å². The van der Waals surface area contributed by atoms with Crippen LogP contribution in [0, 0.1) is 6.92 Å². The van der Waals surface area contributed by atoms with Gasteiger partial charge in [0.25, 0.3) is 0 Å². The van der Waals surface area contributed by atoms with Crippen LogP contribution in [0.1, 0.15) is 44.7 Å². The number of hydrogen-bond acceptors (Lipinski definition) is 6. The summed E-state index contributed by atoms with van der Waals surface area (Å²) in [6.45, 7) is 3.92. The topological polar surface area (TPSA) is 98.8 Å². The van der Waals surface area contributed by atoms with E-state index in [1.54, 1.807) is 6.20 Å². The van der Waals surface area contributed by atoms with Gasteiger partial charge in [0.05, 0.1) is 5.52 Å². The molecule has 0 spiro atoms. The summed E-state index contributed by atoms with van der Waals surface area (Å²) in [6.07, 6.45) is 6.51. The van der Waals surface area contributed by atoms with Crippen LogP contribution in [-0.2, 0) is 4.79 Å². The van der Waals surface area contributed by atoms with Crippen molar-refractivity contribution in [1.82, 2.24) is 25.1 Å². The van der Waals surface area contributed by atoms with Crippen LogP contribution >= 0.6 is 0 Å². The fraction of sp³-hybridized carbons (Fsp3) is 0.455. The van der Waals surface area contributed by atoms with Crippen molar-refractivity contribution in [2.75, 3.05) is 10.6 Å². The lowest BCUT2D eigenvalue weighted by atomic mass is 9.96. The summed E-state index contributed by atoms with van der Waals surface area (Å²) in [5.74, 6) is 2.55. The second kappa shape index (κ2) is 7.59. The zero-order valence-electron chi connectivity index (χ0n) is 17.4. The monoisotopic (exact) mass is 405 g/mol. The number of pyridine rings is 2. The number of hydrogen-bond donors (Lipinski definition) is 3. The highest BCUT2D eigenvalue weighted by molar-refractivity contribution is 5.91. The molecule has 3 aromatic heterocycles. The van der Waals surface area contributed by atoms with E-state index >= 15 is 0 Å². The Morgan fingerprint density at radius 3 is 2.73 bits per heavy atom. The van der Waals surface area contributed by atoms with E-state index in [0.29, 0.717) is 30.4 Å². The van der Waals surface area contributed by atoms with Gasteiger partial charge in [-0.1, -0.05) is 6.92 Å². The van der Waals surface area contributed by atoms with Gasteiger partial charge in [0.2, 0.25) is 5.91 Å². The summed E-state index contributed by atoms with van der Waals surface area (Å²) in [4.78, 5) is 23.9. The number of nitrogens with zero attached hydrogens (tertiary/aromatic N) is 4. The lowest BCUT2D eigenvalue weighted by molar-refractivity contribution is -0.135. The third kappa shape index (κ3) is 3.46. The SMILES string of the molecule is CCC(=O)N1[C@@H]2CC[C@H]1CC(Nc1nc(Nc3cc(C)[nH]n3)cc3ncccc13)C2. The van der Waals surface area contributed by atoms with E-state index in [2.05, 4.69) is 30.7 Å². The maximum Gasteiger partial charge on any atom is 0.222 e. The molecule has 0 aromatic carbocycles. The number of amides is 1. The maximum atomic E-state index is 12.4. The first-order chi connectivity index (χ1) is 14.6. The largest absolute Gasteiger partial charge is 0.367 e. The Kier molecular flexibility index (Phi) is 4.77. The van der Waals surface area contributed by atoms with Crippen molar-refractivity contribution in [3.05, 3.63) is 36.2 Å². The van der Waals surface area contributed by atoms with Crippen LogP contribution in [0.5, 0.6) is 0 Å². The number of rotatable bonds is 5. The van der Waals surface area contributed by atoms with E-state index in [1.807, 2.05) is 38.1 Å². The first kappa shape index (κ1) is 18.8. The van der Waals surface area contributed by atoms with Crippen LogP contribution in [0.2, 0.25) is 0 Å². The van der Waals surface area contributed by atoms with Crippen molar-refractivity contribution in [3.63, 3.8) is 0 Å². The van der Waals surface area contributed by atoms with Crippen LogP contribution in [0.4, 0.5) is 17.5 Å². The Morgan fingerprint density at radius 2 is 2.03 bits per heavy atom. The smallest absolute Gasteiger partial charge is 0.222 e. The molecule has 2 fully saturated rings. The Bertz CT molecular complexity index is 1060. The molecule has 1 amide bonds. The molecular formula is C22H27N7O. The number of nitrogens with one attached hydrogen (secondary N) is 3. The summed E-state index contributed by atoms with van der Waals surface area (Å²) >= 11 is 0. The molecule has 0 radical (unpaired) electrons. The standard InChI is InChI=1S/C22H27N7O/c1-3-21(30)29-15-6-7-16(29)11-14(10-15)24-22-17-5-4-8-23-18(17)12-19(26-22)25-20-9-13(2)27-28-20/h4-5,8-9,12,14-16H,3,6-7,10-11H2,1-2H3,(H3,24,25,26,27,28)/t14?,15-,16+. The first-order valence-electron chi connectivity index (χ1n) is 10.7. The molecule has 0 saturated carbocycles. The molecule has 156 valence electrons. The molecule has 1 unspecified atom stereocenters. The second-order valence-corrected chi connectivity index (χ2v) is 8.34. The molecule has 2 aliphatic rings. The quantitative estimate of drug-likeness (QED) is 0.598. The lowest BCUT2D eigenvalue weighted by Crippen LogP contribution is -2.49. The minimum absolute atomic E-state index is 0.286. The van der Waals surface area contributed by atoms with Crippen LogP contribution in [-0.4, -0.2) is 49.1 Å². The van der Waals surface area contributed by atoms with Crippen molar-refractivity contribution in [2.24, 2.45) is 0 Å². The van der Waals surface area contributed by atoms with E-state index in [0.717, 1.165) is 53.9 Å². The highest BCUT2D eigenvalue weighted by Crippen LogP contribution is 2.38. The zero-order valence-corrected chi connectivity index (χ0v) is 17.4. The third-order valence-electron chi connectivity index (χ3n) is 6.23. The fourth-order valence-corrected chi connectivity index (χ4v) is 4.94. The molecule has 8 heteroatoms. The number of aromatic nitrogens is 4. The van der Waals surface area contributed by atoms with Gasteiger partial charge in [0.1, 0.15) is 11.6 Å². The minimum Gasteiger partial charge on any atom is -0.367 e. The number of carbonyl (C=O) groups excluding carboxylic acids is 1. The first-order valence-corrected chi connectivity index (χ1v) is 10.7. The van der Waals surface area contributed by atoms with E-state index in [-0.39, 0.29) is 5.91 Å². The van der Waals surface area contributed by atoms with E-state index < -0.39 is 0 Å². The molecule has 3 aromatic rings. The van der Waals surface area contributed by atoms with E-state index in [9.17, 15) is 4.79 Å². The minimum atomic E-state index is 0.286. The van der Waals surface area contributed by atoms with Crippen LogP contribution in [0.25, 0.3) is 10.9 Å². The maximum absolute atomic E-state index is 12.4. The van der Waals surface area contributed by atoms with Crippen molar-refractivity contribution in [2.45, 2.75) is 64.1 Å². The Hall–Kier alpha value is -3.16. The van der Waals surface area contributed by atoms with Crippen LogP contribution in [0.3, 0.4) is 0 Å². The molecule has 2 saturated heterocycles. The van der Waals surface area contributed by atoms with Gasteiger partial charge in [0, 0.05) is 54.0 Å². The summed E-state index contributed by atoms with van der Waals surface area (Å²) < 4.78 is 0.